The third-order valence-electron chi connectivity index (χ3n) is 8.41. The predicted octanol–water partition coefficient (Wildman–Crippen LogP) is 3.93. The second-order valence-corrected chi connectivity index (χ2v) is 10.9. The molecule has 1 N–H and O–H groups in total. The molecule has 0 saturated carbocycles. The number of benzene rings is 2. The molecule has 3 aromatic rings. The summed E-state index contributed by atoms with van der Waals surface area (Å²) in [7, 11) is 1.64. The van der Waals surface area contributed by atoms with E-state index < -0.39 is 29.2 Å². The van der Waals surface area contributed by atoms with Crippen LogP contribution in [0, 0.1) is 0 Å². The van der Waals surface area contributed by atoms with Crippen LogP contribution in [0.1, 0.15) is 57.4 Å². The van der Waals surface area contributed by atoms with Gasteiger partial charge in [-0.1, -0.05) is 12.1 Å². The van der Waals surface area contributed by atoms with Crippen molar-refractivity contribution in [1.82, 2.24) is 19.7 Å². The Morgan fingerprint density at radius 3 is 2.67 bits per heavy atom. The number of amides is 1. The Hall–Kier alpha value is -3.35. The van der Waals surface area contributed by atoms with E-state index in [9.17, 15) is 23.1 Å². The number of aliphatic hydroxyl groups excluding tert-OH is 1. The second kappa shape index (κ2) is 9.93. The normalized spacial score (nSPS) is 21.5. The Labute approximate surface area is 228 Å². The Morgan fingerprint density at radius 1 is 1.23 bits per heavy atom. The van der Waals surface area contributed by atoms with Crippen molar-refractivity contribution in [3.63, 3.8) is 0 Å². The number of likely N-dealkylation sites (tertiary alicyclic amines) is 1. The summed E-state index contributed by atoms with van der Waals surface area (Å²) in [5, 5.41) is 17.3. The van der Waals surface area contributed by atoms with Crippen molar-refractivity contribution in [2.75, 3.05) is 31.3 Å². The van der Waals surface area contributed by atoms with E-state index in [0.717, 1.165) is 18.9 Å². The highest BCUT2D eigenvalue weighted by Crippen LogP contribution is 2.47. The summed E-state index contributed by atoms with van der Waals surface area (Å²) in [6.07, 6.45) is -3.15. The number of nitrogens with zero attached hydrogens (tertiary/aromatic N) is 5. The molecule has 212 valence electrons. The number of carbonyl (C=O) groups excluding carboxylic acids is 1. The summed E-state index contributed by atoms with van der Waals surface area (Å²) in [4.78, 5) is 16.8. The summed E-state index contributed by atoms with van der Waals surface area (Å²) >= 11 is 0. The van der Waals surface area contributed by atoms with Crippen molar-refractivity contribution in [3.05, 3.63) is 76.4 Å². The molecule has 0 radical (unpaired) electrons. The van der Waals surface area contributed by atoms with Gasteiger partial charge in [0.2, 0.25) is 0 Å². The maximum absolute atomic E-state index is 15.8. The molecule has 0 aliphatic carbocycles. The number of fused-ring (bicyclic) bond motifs is 1. The lowest BCUT2D eigenvalue weighted by molar-refractivity contribution is -0.138. The lowest BCUT2D eigenvalue weighted by Crippen LogP contribution is -2.50. The number of aromatic nitrogens is 3. The Kier molecular flexibility index (Phi) is 6.67. The second-order valence-electron chi connectivity index (χ2n) is 10.9. The molecule has 0 bridgehead atoms. The summed E-state index contributed by atoms with van der Waals surface area (Å²) < 4.78 is 65.4. The van der Waals surface area contributed by atoms with Gasteiger partial charge in [-0.25, -0.2) is 4.39 Å². The van der Waals surface area contributed by atoms with Gasteiger partial charge in [0.25, 0.3) is 5.91 Å². The van der Waals surface area contributed by atoms with Gasteiger partial charge in [-0.05, 0) is 60.3 Å². The van der Waals surface area contributed by atoms with Gasteiger partial charge in [0.1, 0.15) is 6.33 Å². The quantitative estimate of drug-likeness (QED) is 0.442. The monoisotopic (exact) mass is 559 g/mol. The van der Waals surface area contributed by atoms with Gasteiger partial charge in [-0.15, -0.1) is 10.2 Å². The molecular formula is C28H29F4N5O3. The van der Waals surface area contributed by atoms with Crippen molar-refractivity contribution in [3.8, 4) is 0 Å². The van der Waals surface area contributed by atoms with Gasteiger partial charge >= 0.3 is 6.18 Å². The number of alkyl halides is 4. The number of hydrogen-bond donors (Lipinski definition) is 1. The highest BCUT2D eigenvalue weighted by atomic mass is 19.4. The molecular weight excluding hydrogens is 530 g/mol. The molecule has 1 aromatic heterocycles. The number of ether oxygens (including phenoxy) is 1. The zero-order valence-corrected chi connectivity index (χ0v) is 21.9. The lowest BCUT2D eigenvalue weighted by Gasteiger charge is -2.43. The average Bonchev–Trinajstić information content (AvgIpc) is 3.61. The zero-order valence-electron chi connectivity index (χ0n) is 21.9. The van der Waals surface area contributed by atoms with E-state index in [1.54, 1.807) is 31.3 Å². The highest BCUT2D eigenvalue weighted by molar-refractivity contribution is 6.10. The lowest BCUT2D eigenvalue weighted by atomic mass is 9.74. The molecule has 1 amide bonds. The molecule has 40 heavy (non-hydrogen) atoms. The van der Waals surface area contributed by atoms with E-state index in [2.05, 4.69) is 10.2 Å². The maximum atomic E-state index is 15.8. The predicted molar refractivity (Wildman–Crippen MR) is 136 cm³/mol. The van der Waals surface area contributed by atoms with Gasteiger partial charge in [0.05, 0.1) is 37.3 Å². The van der Waals surface area contributed by atoms with Crippen molar-refractivity contribution < 1.29 is 32.2 Å². The van der Waals surface area contributed by atoms with Crippen LogP contribution in [0.5, 0.6) is 0 Å². The Morgan fingerprint density at radius 2 is 2.02 bits per heavy atom. The molecule has 2 atom stereocenters. The van der Waals surface area contributed by atoms with Crippen LogP contribution in [0.3, 0.4) is 0 Å². The number of rotatable bonds is 7. The number of aliphatic hydroxyl groups is 1. The molecule has 0 unspecified atom stereocenters. The minimum atomic E-state index is -4.65. The van der Waals surface area contributed by atoms with Crippen LogP contribution in [0.4, 0.5) is 23.2 Å². The molecule has 3 aliphatic heterocycles. The molecule has 4 heterocycles. The van der Waals surface area contributed by atoms with E-state index in [1.807, 2.05) is 4.90 Å². The van der Waals surface area contributed by atoms with E-state index >= 15 is 4.39 Å². The molecule has 6 rings (SSSR count). The van der Waals surface area contributed by atoms with Gasteiger partial charge in [0, 0.05) is 30.9 Å². The fourth-order valence-corrected chi connectivity index (χ4v) is 6.10. The average molecular weight is 560 g/mol. The molecule has 0 spiro atoms. The van der Waals surface area contributed by atoms with E-state index in [1.165, 1.54) is 21.9 Å². The minimum absolute atomic E-state index is 0.0131. The SMILES string of the molecule is Cn1cnnc1[C@@H](F)C1(c2cccc(N3Cc4c(cc(CN5CCC[C@@H]5CO)cc4C(F)(F)F)C3=O)c2)COC1. The van der Waals surface area contributed by atoms with Crippen LogP contribution in [0.2, 0.25) is 0 Å². The molecule has 12 heteroatoms. The van der Waals surface area contributed by atoms with Gasteiger partial charge in [-0.2, -0.15) is 13.2 Å². The summed E-state index contributed by atoms with van der Waals surface area (Å²) in [6, 6.07) is 9.24. The highest BCUT2D eigenvalue weighted by Gasteiger charge is 2.51. The standard InChI is InChI=1S/C28H29F4N5O3/c1-35-16-33-34-25(35)24(29)27(14-40-15-27)18-4-2-5-19(10-18)37-12-22-21(26(37)39)8-17(9-23(22)28(30,31)32)11-36-7-3-6-20(36)13-38/h2,4-5,8-10,16,20,24,38H,3,6-7,11-15H2,1H3/t20-,24-/m1/s1. The first-order chi connectivity index (χ1) is 19.1. The Balaban J connectivity index is 1.33. The summed E-state index contributed by atoms with van der Waals surface area (Å²) in [5.41, 5.74) is -0.627. The first-order valence-corrected chi connectivity index (χ1v) is 13.2. The third kappa shape index (κ3) is 4.38. The van der Waals surface area contributed by atoms with E-state index in [0.29, 0.717) is 23.4 Å². The molecule has 3 aliphatic rings. The number of halogens is 4. The first kappa shape index (κ1) is 26.9. The molecule has 2 saturated heterocycles. The molecule has 8 nitrogen and oxygen atoms in total. The number of aryl methyl sites for hydroxylation is 1. The fourth-order valence-electron chi connectivity index (χ4n) is 6.10. The first-order valence-electron chi connectivity index (χ1n) is 13.2. The number of anilines is 1. The van der Waals surface area contributed by atoms with Crippen LogP contribution in [0.25, 0.3) is 0 Å². The smallest absolute Gasteiger partial charge is 0.395 e. The third-order valence-corrected chi connectivity index (χ3v) is 8.41. The van der Waals surface area contributed by atoms with E-state index in [-0.39, 0.29) is 55.9 Å². The number of carbonyl (C=O) groups is 1. The van der Waals surface area contributed by atoms with Gasteiger partial charge in [-0.3, -0.25) is 9.69 Å². The minimum Gasteiger partial charge on any atom is -0.395 e. The van der Waals surface area contributed by atoms with Crippen LogP contribution in [-0.4, -0.2) is 63.1 Å². The van der Waals surface area contributed by atoms with Crippen molar-refractivity contribution in [1.29, 1.82) is 0 Å². The van der Waals surface area contributed by atoms with Gasteiger partial charge in [0.15, 0.2) is 12.0 Å². The van der Waals surface area contributed by atoms with Crippen LogP contribution < -0.4 is 4.90 Å². The van der Waals surface area contributed by atoms with Crippen molar-refractivity contribution in [2.24, 2.45) is 7.05 Å². The molecule has 2 aromatic carbocycles. The van der Waals surface area contributed by atoms with Crippen LogP contribution in [-0.2, 0) is 36.5 Å². The largest absolute Gasteiger partial charge is 0.416 e. The van der Waals surface area contributed by atoms with Crippen molar-refractivity contribution in [2.45, 2.75) is 49.7 Å². The number of hydrogen-bond acceptors (Lipinski definition) is 6. The Bertz CT molecular complexity index is 1440. The van der Waals surface area contributed by atoms with Crippen molar-refractivity contribution >= 4 is 11.6 Å². The molecule has 2 fully saturated rings. The summed E-state index contributed by atoms with van der Waals surface area (Å²) in [6.45, 7) is 0.750. The van der Waals surface area contributed by atoms with E-state index in [4.69, 9.17) is 4.74 Å². The maximum Gasteiger partial charge on any atom is 0.416 e. The fraction of sp³-hybridized carbons (Fsp3) is 0.464. The summed E-state index contributed by atoms with van der Waals surface area (Å²) in [5.74, 6) is -0.397. The zero-order chi connectivity index (χ0) is 28.2. The van der Waals surface area contributed by atoms with Gasteiger partial charge < -0.3 is 19.3 Å². The van der Waals surface area contributed by atoms with Crippen LogP contribution >= 0.6 is 0 Å². The van der Waals surface area contributed by atoms with Crippen LogP contribution in [0.15, 0.2) is 42.7 Å². The topological polar surface area (TPSA) is 83.7 Å².